The number of benzene rings is 2. The highest BCUT2D eigenvalue weighted by atomic mass is 35.5. The van der Waals surface area contributed by atoms with Crippen LogP contribution in [-0.2, 0) is 6.42 Å². The predicted octanol–water partition coefficient (Wildman–Crippen LogP) is 3.50. The second kappa shape index (κ2) is 7.23. The molecule has 1 heterocycles. The predicted molar refractivity (Wildman–Crippen MR) is 87.2 cm³/mol. The molecule has 0 atom stereocenters. The van der Waals surface area contributed by atoms with Gasteiger partial charge in [0.05, 0.1) is 5.02 Å². The molecule has 1 N–H and O–H groups in total. The molecule has 122 valence electrons. The highest BCUT2D eigenvalue weighted by molar-refractivity contribution is 6.33. The molecule has 5 nitrogen and oxygen atoms in total. The smallest absolute Gasteiger partial charge is 0.251 e. The maximum absolute atomic E-state index is 13.1. The van der Waals surface area contributed by atoms with E-state index in [0.717, 1.165) is 0 Å². The fourth-order valence-electron chi connectivity index (χ4n) is 2.12. The van der Waals surface area contributed by atoms with E-state index >= 15 is 0 Å². The van der Waals surface area contributed by atoms with Gasteiger partial charge in [-0.1, -0.05) is 35.0 Å². The number of carbonyl (C=O) groups excluding carboxylic acids is 1. The standard InChI is InChI=1S/C17H13ClFN3O2/c18-14-7-2-1-6-13(14)16-21-15(24-22-16)8-9-20-17(23)11-4-3-5-12(19)10-11/h1-7,10H,8-9H2,(H,20,23). The van der Waals surface area contributed by atoms with Crippen LogP contribution in [0.15, 0.2) is 53.1 Å². The van der Waals surface area contributed by atoms with Crippen LogP contribution in [0.4, 0.5) is 4.39 Å². The van der Waals surface area contributed by atoms with Crippen molar-refractivity contribution in [2.45, 2.75) is 6.42 Å². The monoisotopic (exact) mass is 345 g/mol. The van der Waals surface area contributed by atoms with E-state index in [1.54, 1.807) is 18.2 Å². The Morgan fingerprint density at radius 3 is 2.83 bits per heavy atom. The first-order valence-electron chi connectivity index (χ1n) is 7.25. The van der Waals surface area contributed by atoms with Crippen LogP contribution < -0.4 is 5.32 Å². The Hall–Kier alpha value is -2.73. The molecular weight excluding hydrogens is 333 g/mol. The summed E-state index contributed by atoms with van der Waals surface area (Å²) >= 11 is 6.09. The average Bonchev–Trinajstić information content (AvgIpc) is 3.04. The summed E-state index contributed by atoms with van der Waals surface area (Å²) < 4.78 is 18.2. The second-order valence-corrected chi connectivity index (χ2v) is 5.42. The molecule has 24 heavy (non-hydrogen) atoms. The van der Waals surface area contributed by atoms with E-state index < -0.39 is 5.82 Å². The highest BCUT2D eigenvalue weighted by Crippen LogP contribution is 2.24. The van der Waals surface area contributed by atoms with Crippen molar-refractivity contribution in [3.63, 3.8) is 0 Å². The number of amides is 1. The Bertz CT molecular complexity index is 866. The summed E-state index contributed by atoms with van der Waals surface area (Å²) in [6.07, 6.45) is 0.360. The lowest BCUT2D eigenvalue weighted by Crippen LogP contribution is -2.25. The van der Waals surface area contributed by atoms with Crippen molar-refractivity contribution >= 4 is 17.5 Å². The molecule has 0 fully saturated rings. The number of rotatable bonds is 5. The summed E-state index contributed by atoms with van der Waals surface area (Å²) in [6.45, 7) is 0.291. The third kappa shape index (κ3) is 3.78. The van der Waals surface area contributed by atoms with Gasteiger partial charge in [-0.05, 0) is 30.3 Å². The quantitative estimate of drug-likeness (QED) is 0.768. The maximum atomic E-state index is 13.1. The third-order valence-corrected chi connectivity index (χ3v) is 3.62. The topological polar surface area (TPSA) is 68.0 Å². The van der Waals surface area contributed by atoms with E-state index in [0.29, 0.717) is 35.3 Å². The van der Waals surface area contributed by atoms with Gasteiger partial charge in [-0.3, -0.25) is 4.79 Å². The molecule has 2 aromatic carbocycles. The van der Waals surface area contributed by atoms with Gasteiger partial charge in [0, 0.05) is 24.1 Å². The number of hydrogen-bond acceptors (Lipinski definition) is 4. The fraction of sp³-hybridized carbons (Fsp3) is 0.118. The molecule has 0 radical (unpaired) electrons. The second-order valence-electron chi connectivity index (χ2n) is 5.01. The third-order valence-electron chi connectivity index (χ3n) is 3.29. The van der Waals surface area contributed by atoms with Crippen molar-refractivity contribution in [1.29, 1.82) is 0 Å². The number of halogens is 2. The normalized spacial score (nSPS) is 10.6. The molecule has 0 bridgehead atoms. The van der Waals surface area contributed by atoms with Crippen LogP contribution in [-0.4, -0.2) is 22.6 Å². The van der Waals surface area contributed by atoms with Crippen molar-refractivity contribution in [2.75, 3.05) is 6.54 Å². The zero-order valence-electron chi connectivity index (χ0n) is 12.5. The lowest BCUT2D eigenvalue weighted by Gasteiger charge is -2.03. The van der Waals surface area contributed by atoms with Gasteiger partial charge in [0.2, 0.25) is 11.7 Å². The minimum absolute atomic E-state index is 0.261. The molecule has 3 rings (SSSR count). The number of carbonyl (C=O) groups is 1. The van der Waals surface area contributed by atoms with Gasteiger partial charge in [-0.25, -0.2) is 4.39 Å². The van der Waals surface area contributed by atoms with Gasteiger partial charge in [0.1, 0.15) is 5.82 Å². The van der Waals surface area contributed by atoms with Crippen LogP contribution in [0.25, 0.3) is 11.4 Å². The lowest BCUT2D eigenvalue weighted by atomic mass is 10.2. The molecule has 0 aliphatic carbocycles. The van der Waals surface area contributed by atoms with Gasteiger partial charge in [0.25, 0.3) is 5.91 Å². The molecule has 0 saturated carbocycles. The lowest BCUT2D eigenvalue weighted by molar-refractivity contribution is 0.0953. The molecule has 0 unspecified atom stereocenters. The number of nitrogens with one attached hydrogen (secondary N) is 1. The van der Waals surface area contributed by atoms with Crippen molar-refractivity contribution in [3.8, 4) is 11.4 Å². The van der Waals surface area contributed by atoms with E-state index in [9.17, 15) is 9.18 Å². The molecule has 7 heteroatoms. The Morgan fingerprint density at radius 2 is 2.04 bits per heavy atom. The van der Waals surface area contributed by atoms with Crippen molar-refractivity contribution in [2.24, 2.45) is 0 Å². The molecule has 3 aromatic rings. The van der Waals surface area contributed by atoms with Crippen LogP contribution in [0.2, 0.25) is 5.02 Å². The number of aromatic nitrogens is 2. The molecular formula is C17H13ClFN3O2. The largest absolute Gasteiger partial charge is 0.352 e. The van der Waals surface area contributed by atoms with Crippen LogP contribution >= 0.6 is 11.6 Å². The van der Waals surface area contributed by atoms with Gasteiger partial charge >= 0.3 is 0 Å². The van der Waals surface area contributed by atoms with Crippen molar-refractivity contribution < 1.29 is 13.7 Å². The van der Waals surface area contributed by atoms with Crippen LogP contribution in [0.1, 0.15) is 16.2 Å². The highest BCUT2D eigenvalue weighted by Gasteiger charge is 2.12. The Balaban J connectivity index is 1.58. The van der Waals surface area contributed by atoms with Gasteiger partial charge in [-0.2, -0.15) is 4.98 Å². The van der Waals surface area contributed by atoms with E-state index in [-0.39, 0.29) is 11.5 Å². The zero-order chi connectivity index (χ0) is 16.9. The average molecular weight is 346 g/mol. The minimum Gasteiger partial charge on any atom is -0.352 e. The molecule has 0 aliphatic heterocycles. The molecule has 0 aliphatic rings. The molecule has 1 aromatic heterocycles. The summed E-state index contributed by atoms with van der Waals surface area (Å²) in [5.74, 6) is -0.0409. The number of nitrogens with zero attached hydrogens (tertiary/aromatic N) is 2. The Labute approximate surface area is 142 Å². The van der Waals surface area contributed by atoms with E-state index in [1.165, 1.54) is 18.2 Å². The SMILES string of the molecule is O=C(NCCc1nc(-c2ccccc2Cl)no1)c1cccc(F)c1. The van der Waals surface area contributed by atoms with Gasteiger partial charge < -0.3 is 9.84 Å². The Kier molecular flexibility index (Phi) is 4.86. The summed E-state index contributed by atoms with van der Waals surface area (Å²) in [5, 5.41) is 7.09. The first-order chi connectivity index (χ1) is 11.6. The number of hydrogen-bond donors (Lipinski definition) is 1. The van der Waals surface area contributed by atoms with E-state index in [2.05, 4.69) is 15.5 Å². The zero-order valence-corrected chi connectivity index (χ0v) is 13.3. The van der Waals surface area contributed by atoms with E-state index in [1.807, 2.05) is 12.1 Å². The molecule has 1 amide bonds. The molecule has 0 spiro atoms. The molecule has 0 saturated heterocycles. The van der Waals surface area contributed by atoms with Crippen molar-refractivity contribution in [3.05, 3.63) is 70.8 Å². The Morgan fingerprint density at radius 1 is 1.21 bits per heavy atom. The van der Waals surface area contributed by atoms with Gasteiger partial charge in [-0.15, -0.1) is 0 Å². The maximum Gasteiger partial charge on any atom is 0.251 e. The van der Waals surface area contributed by atoms with Crippen LogP contribution in [0, 0.1) is 5.82 Å². The van der Waals surface area contributed by atoms with Gasteiger partial charge in [0.15, 0.2) is 0 Å². The van der Waals surface area contributed by atoms with E-state index in [4.69, 9.17) is 16.1 Å². The summed E-state index contributed by atoms with van der Waals surface area (Å²) in [7, 11) is 0. The first kappa shape index (κ1) is 16.1. The summed E-state index contributed by atoms with van der Waals surface area (Å²) in [4.78, 5) is 16.1. The minimum atomic E-state index is -0.455. The van der Waals surface area contributed by atoms with Crippen LogP contribution in [0.3, 0.4) is 0 Å². The van der Waals surface area contributed by atoms with Crippen LogP contribution in [0.5, 0.6) is 0 Å². The fourth-order valence-corrected chi connectivity index (χ4v) is 2.34. The summed E-state index contributed by atoms with van der Waals surface area (Å²) in [5.41, 5.74) is 0.940. The summed E-state index contributed by atoms with van der Waals surface area (Å²) in [6, 6.07) is 12.7. The van der Waals surface area contributed by atoms with Crippen molar-refractivity contribution in [1.82, 2.24) is 15.5 Å². The first-order valence-corrected chi connectivity index (χ1v) is 7.62.